The Labute approximate surface area is 93.5 Å². The Morgan fingerprint density at radius 2 is 2.07 bits per heavy atom. The second kappa shape index (κ2) is 3.34. The quantitative estimate of drug-likeness (QED) is 0.684. The van der Waals surface area contributed by atoms with Crippen LogP contribution in [0.1, 0.15) is 0 Å². The maximum absolute atomic E-state index is 13.5. The van der Waals surface area contributed by atoms with E-state index >= 15 is 0 Å². The van der Waals surface area contributed by atoms with E-state index < -0.39 is 0 Å². The molecule has 0 radical (unpaired) electrons. The van der Waals surface area contributed by atoms with E-state index in [1.54, 1.807) is 13.1 Å². The van der Waals surface area contributed by atoms with Gasteiger partial charge >= 0.3 is 0 Å². The van der Waals surface area contributed by atoms with Crippen LogP contribution in [-0.4, -0.2) is 4.57 Å². The molecule has 2 rings (SSSR count). The minimum absolute atomic E-state index is 0.197. The molecule has 1 aromatic carbocycles. The lowest BCUT2D eigenvalue weighted by Crippen LogP contribution is -2.16. The third kappa shape index (κ3) is 1.43. The second-order valence-corrected chi connectivity index (χ2v) is 4.30. The molecule has 2 aromatic rings. The van der Waals surface area contributed by atoms with Crippen LogP contribution in [0.4, 0.5) is 4.39 Å². The first-order valence-electron chi connectivity index (χ1n) is 4.04. The summed E-state index contributed by atoms with van der Waals surface area (Å²) in [6, 6.07) is 6.35. The minimum atomic E-state index is -0.355. The topological polar surface area (TPSA) is 22.0 Å². The van der Waals surface area contributed by atoms with Gasteiger partial charge in [0.1, 0.15) is 5.82 Å². The molecule has 14 heavy (non-hydrogen) atoms. The van der Waals surface area contributed by atoms with Gasteiger partial charge in [0.15, 0.2) is 0 Å². The molecule has 72 valence electrons. The summed E-state index contributed by atoms with van der Waals surface area (Å²) < 4.78 is 15.7. The average Bonchev–Trinajstić information content (AvgIpc) is 2.10. The largest absolute Gasteiger partial charge is 0.309 e. The van der Waals surface area contributed by atoms with Crippen LogP contribution in [0, 0.1) is 9.39 Å². The molecule has 0 bridgehead atoms. The molecule has 4 heteroatoms. The van der Waals surface area contributed by atoms with Gasteiger partial charge in [0, 0.05) is 22.1 Å². The summed E-state index contributed by atoms with van der Waals surface area (Å²) in [5.41, 5.74) is 0.163. The standard InChI is InChI=1S/C10H7FINO/c1-13-9(14)3-2-6-4-7(12)5-8(11)10(6)13/h2-5H,1H3. The van der Waals surface area contributed by atoms with Crippen molar-refractivity contribution in [1.82, 2.24) is 4.57 Å². The molecule has 2 nitrogen and oxygen atoms in total. The van der Waals surface area contributed by atoms with Crippen molar-refractivity contribution in [2.24, 2.45) is 7.05 Å². The molecular formula is C10H7FINO. The summed E-state index contributed by atoms with van der Waals surface area (Å²) in [6.07, 6.45) is 0. The Kier molecular flexibility index (Phi) is 2.30. The van der Waals surface area contributed by atoms with Gasteiger partial charge in [-0.3, -0.25) is 4.79 Å². The van der Waals surface area contributed by atoms with Crippen molar-refractivity contribution in [3.8, 4) is 0 Å². The third-order valence-electron chi connectivity index (χ3n) is 2.13. The molecule has 0 saturated heterocycles. The highest BCUT2D eigenvalue weighted by Gasteiger charge is 2.06. The molecule has 1 aromatic heterocycles. The van der Waals surface area contributed by atoms with Crippen molar-refractivity contribution in [3.63, 3.8) is 0 Å². The molecule has 0 unspecified atom stereocenters. The van der Waals surface area contributed by atoms with Crippen molar-refractivity contribution in [2.75, 3.05) is 0 Å². The monoisotopic (exact) mass is 303 g/mol. The fraction of sp³-hybridized carbons (Fsp3) is 0.100. The molecular weight excluding hydrogens is 296 g/mol. The summed E-state index contributed by atoms with van der Waals surface area (Å²) in [4.78, 5) is 11.3. The van der Waals surface area contributed by atoms with E-state index in [9.17, 15) is 9.18 Å². The van der Waals surface area contributed by atoms with E-state index in [1.807, 2.05) is 28.7 Å². The van der Waals surface area contributed by atoms with E-state index in [2.05, 4.69) is 0 Å². The number of nitrogens with zero attached hydrogens (tertiary/aromatic N) is 1. The first kappa shape index (κ1) is 9.64. The third-order valence-corrected chi connectivity index (χ3v) is 2.75. The van der Waals surface area contributed by atoms with E-state index in [-0.39, 0.29) is 11.4 Å². The lowest BCUT2D eigenvalue weighted by Gasteiger charge is -2.05. The van der Waals surface area contributed by atoms with E-state index in [1.165, 1.54) is 16.7 Å². The summed E-state index contributed by atoms with van der Waals surface area (Å²) in [5, 5.41) is 0.747. The maximum Gasteiger partial charge on any atom is 0.250 e. The molecule has 0 amide bonds. The van der Waals surface area contributed by atoms with Crippen LogP contribution in [-0.2, 0) is 7.05 Å². The van der Waals surface area contributed by atoms with Gasteiger partial charge < -0.3 is 4.57 Å². The molecule has 0 spiro atoms. The van der Waals surface area contributed by atoms with Gasteiger partial charge in [-0.2, -0.15) is 0 Å². The predicted octanol–water partition coefficient (Wildman–Crippen LogP) is 2.28. The number of benzene rings is 1. The van der Waals surface area contributed by atoms with Crippen LogP contribution in [0.3, 0.4) is 0 Å². The molecule has 0 aliphatic carbocycles. The predicted molar refractivity (Wildman–Crippen MR) is 61.9 cm³/mol. The fourth-order valence-electron chi connectivity index (χ4n) is 1.45. The van der Waals surface area contributed by atoms with Crippen LogP contribution in [0.2, 0.25) is 0 Å². The van der Waals surface area contributed by atoms with Crippen molar-refractivity contribution >= 4 is 33.5 Å². The molecule has 0 atom stereocenters. The van der Waals surface area contributed by atoms with Crippen molar-refractivity contribution in [2.45, 2.75) is 0 Å². The summed E-state index contributed by atoms with van der Waals surface area (Å²) in [5.74, 6) is -0.355. The Bertz CT molecular complexity index is 562. The van der Waals surface area contributed by atoms with Crippen LogP contribution < -0.4 is 5.56 Å². The van der Waals surface area contributed by atoms with Gasteiger partial charge in [-0.25, -0.2) is 4.39 Å². The highest BCUT2D eigenvalue weighted by molar-refractivity contribution is 14.1. The highest BCUT2D eigenvalue weighted by Crippen LogP contribution is 2.19. The van der Waals surface area contributed by atoms with Gasteiger partial charge in [-0.15, -0.1) is 0 Å². The Morgan fingerprint density at radius 1 is 1.36 bits per heavy atom. The van der Waals surface area contributed by atoms with Gasteiger partial charge in [-0.05, 0) is 40.8 Å². The van der Waals surface area contributed by atoms with Gasteiger partial charge in [0.25, 0.3) is 5.56 Å². The lowest BCUT2D eigenvalue weighted by molar-refractivity contribution is 0.628. The number of pyridine rings is 1. The molecule has 0 aliphatic rings. The van der Waals surface area contributed by atoms with Gasteiger partial charge in [-0.1, -0.05) is 0 Å². The fourth-order valence-corrected chi connectivity index (χ4v) is 2.06. The Morgan fingerprint density at radius 3 is 2.79 bits per heavy atom. The smallest absolute Gasteiger partial charge is 0.250 e. The number of aryl methyl sites for hydroxylation is 1. The molecule has 0 N–H and O–H groups in total. The first-order valence-corrected chi connectivity index (χ1v) is 5.12. The van der Waals surface area contributed by atoms with Gasteiger partial charge in [0.2, 0.25) is 0 Å². The highest BCUT2D eigenvalue weighted by atomic mass is 127. The van der Waals surface area contributed by atoms with E-state index in [0.717, 1.165) is 8.96 Å². The number of hydrogen-bond acceptors (Lipinski definition) is 1. The maximum atomic E-state index is 13.5. The molecule has 1 heterocycles. The van der Waals surface area contributed by atoms with Crippen LogP contribution in [0.5, 0.6) is 0 Å². The Hall–Kier alpha value is -0.910. The SMILES string of the molecule is Cn1c(=O)ccc2cc(I)cc(F)c21. The zero-order valence-electron chi connectivity index (χ0n) is 7.42. The summed E-state index contributed by atoms with van der Waals surface area (Å²) in [6.45, 7) is 0. The number of halogens is 2. The van der Waals surface area contributed by atoms with Gasteiger partial charge in [0.05, 0.1) is 5.52 Å². The zero-order valence-corrected chi connectivity index (χ0v) is 9.58. The number of rotatable bonds is 0. The second-order valence-electron chi connectivity index (χ2n) is 3.06. The normalized spacial score (nSPS) is 10.8. The lowest BCUT2D eigenvalue weighted by atomic mass is 10.2. The van der Waals surface area contributed by atoms with E-state index in [0.29, 0.717) is 5.52 Å². The van der Waals surface area contributed by atoms with Crippen molar-refractivity contribution in [1.29, 1.82) is 0 Å². The molecule has 0 fully saturated rings. The van der Waals surface area contributed by atoms with Crippen molar-refractivity contribution < 1.29 is 4.39 Å². The number of aromatic nitrogens is 1. The average molecular weight is 303 g/mol. The van der Waals surface area contributed by atoms with Crippen molar-refractivity contribution in [3.05, 3.63) is 44.0 Å². The zero-order chi connectivity index (χ0) is 10.3. The number of hydrogen-bond donors (Lipinski definition) is 0. The Balaban J connectivity index is 3.03. The first-order chi connectivity index (χ1) is 6.59. The van der Waals surface area contributed by atoms with Crippen LogP contribution in [0.25, 0.3) is 10.9 Å². The van der Waals surface area contributed by atoms with E-state index in [4.69, 9.17) is 0 Å². The summed E-state index contributed by atoms with van der Waals surface area (Å²) >= 11 is 2.05. The molecule has 0 saturated carbocycles. The molecule has 0 aliphatic heterocycles. The van der Waals surface area contributed by atoms with Crippen LogP contribution in [0.15, 0.2) is 29.1 Å². The summed E-state index contributed by atoms with van der Waals surface area (Å²) in [7, 11) is 1.57. The minimum Gasteiger partial charge on any atom is -0.309 e. The van der Waals surface area contributed by atoms with Crippen LogP contribution >= 0.6 is 22.6 Å². The number of fused-ring (bicyclic) bond motifs is 1.